The number of amides is 2. The maximum Gasteiger partial charge on any atom is 0.352 e. The van der Waals surface area contributed by atoms with Gasteiger partial charge in [-0.1, -0.05) is 0 Å². The number of piperazine rings is 1. The fourth-order valence-electron chi connectivity index (χ4n) is 2.67. The first kappa shape index (κ1) is 15.1. The van der Waals surface area contributed by atoms with Crippen molar-refractivity contribution in [2.24, 2.45) is 0 Å². The molecule has 1 fully saturated rings. The predicted molar refractivity (Wildman–Crippen MR) is 75.4 cm³/mol. The molecule has 2 rings (SSSR count). The summed E-state index contributed by atoms with van der Waals surface area (Å²) >= 11 is 0. The summed E-state index contributed by atoms with van der Waals surface area (Å²) in [5, 5.41) is 11.8. The Morgan fingerprint density at radius 3 is 2.43 bits per heavy atom. The number of aromatic carboxylic acids is 1. The van der Waals surface area contributed by atoms with Gasteiger partial charge in [-0.2, -0.15) is 0 Å². The van der Waals surface area contributed by atoms with E-state index in [9.17, 15) is 14.4 Å². The second-order valence-electron chi connectivity index (χ2n) is 5.70. The molecule has 2 amide bonds. The van der Waals surface area contributed by atoms with Crippen molar-refractivity contribution in [3.05, 3.63) is 22.5 Å². The summed E-state index contributed by atoms with van der Waals surface area (Å²) < 4.78 is 0. The second kappa shape index (κ2) is 4.91. The van der Waals surface area contributed by atoms with E-state index < -0.39 is 11.5 Å². The minimum atomic E-state index is -1.11. The number of hydrogen-bond acceptors (Lipinski definition) is 3. The van der Waals surface area contributed by atoms with Crippen LogP contribution < -0.4 is 5.32 Å². The molecule has 7 nitrogen and oxygen atoms in total. The highest BCUT2D eigenvalue weighted by molar-refractivity contribution is 6.03. The molecule has 0 saturated carbocycles. The first-order chi connectivity index (χ1) is 9.67. The van der Waals surface area contributed by atoms with Crippen LogP contribution in [-0.2, 0) is 4.79 Å². The lowest BCUT2D eigenvalue weighted by Crippen LogP contribution is -2.63. The number of rotatable bonds is 2. The number of carbonyl (C=O) groups is 3. The molecule has 0 aromatic carbocycles. The summed E-state index contributed by atoms with van der Waals surface area (Å²) in [5.41, 5.74) is 0.267. The third kappa shape index (κ3) is 2.28. The molecule has 0 radical (unpaired) electrons. The van der Waals surface area contributed by atoms with Crippen molar-refractivity contribution in [1.29, 1.82) is 0 Å². The Hall–Kier alpha value is -2.31. The zero-order chi connectivity index (χ0) is 15.9. The van der Waals surface area contributed by atoms with Gasteiger partial charge >= 0.3 is 5.97 Å². The van der Waals surface area contributed by atoms with Crippen LogP contribution in [0.2, 0.25) is 0 Å². The fraction of sp³-hybridized carbons (Fsp3) is 0.500. The van der Waals surface area contributed by atoms with Gasteiger partial charge in [0.15, 0.2) is 0 Å². The van der Waals surface area contributed by atoms with Crippen LogP contribution in [0.25, 0.3) is 0 Å². The summed E-state index contributed by atoms with van der Waals surface area (Å²) in [7, 11) is 0. The fourth-order valence-corrected chi connectivity index (χ4v) is 2.67. The molecule has 1 aromatic rings. The van der Waals surface area contributed by atoms with Gasteiger partial charge in [0, 0.05) is 18.8 Å². The van der Waals surface area contributed by atoms with Crippen molar-refractivity contribution < 1.29 is 19.5 Å². The number of hydrogen-bond donors (Lipinski definition) is 3. The van der Waals surface area contributed by atoms with Crippen molar-refractivity contribution in [2.75, 3.05) is 13.1 Å². The molecule has 0 aliphatic carbocycles. The number of carbonyl (C=O) groups excluding carboxylic acids is 2. The van der Waals surface area contributed by atoms with Gasteiger partial charge in [0.05, 0.1) is 5.56 Å². The lowest BCUT2D eigenvalue weighted by Gasteiger charge is -2.41. The molecule has 3 N–H and O–H groups in total. The first-order valence-corrected chi connectivity index (χ1v) is 6.70. The van der Waals surface area contributed by atoms with E-state index in [1.165, 1.54) is 4.90 Å². The Labute approximate surface area is 122 Å². The van der Waals surface area contributed by atoms with Crippen molar-refractivity contribution >= 4 is 17.8 Å². The van der Waals surface area contributed by atoms with E-state index in [1.807, 2.05) is 0 Å². The molecule has 2 heterocycles. The average Bonchev–Trinajstić information content (AvgIpc) is 2.67. The SMILES string of the molecule is Cc1[nH]c(C(=O)O)c(C)c1C(=O)N1CCNC(=O)C1(C)C. The van der Waals surface area contributed by atoms with Crippen LogP contribution in [0, 0.1) is 13.8 Å². The minimum Gasteiger partial charge on any atom is -0.477 e. The molecule has 21 heavy (non-hydrogen) atoms. The zero-order valence-corrected chi connectivity index (χ0v) is 12.5. The standard InChI is InChI=1S/C14H19N3O4/c1-7-9(8(2)16-10(7)12(19)20)11(18)17-6-5-15-13(21)14(17,3)4/h16H,5-6H2,1-4H3,(H,15,21)(H,19,20). The van der Waals surface area contributed by atoms with Crippen molar-refractivity contribution in [3.63, 3.8) is 0 Å². The summed E-state index contributed by atoms with van der Waals surface area (Å²) in [5.74, 6) is -1.65. The normalized spacial score (nSPS) is 17.5. The quantitative estimate of drug-likeness (QED) is 0.746. The van der Waals surface area contributed by atoms with Gasteiger partial charge in [0.1, 0.15) is 11.2 Å². The summed E-state index contributed by atoms with van der Waals surface area (Å²) in [6.45, 7) is 7.39. The van der Waals surface area contributed by atoms with Gasteiger partial charge in [-0.3, -0.25) is 9.59 Å². The largest absolute Gasteiger partial charge is 0.477 e. The lowest BCUT2D eigenvalue weighted by molar-refractivity contribution is -0.133. The van der Waals surface area contributed by atoms with Crippen molar-refractivity contribution in [1.82, 2.24) is 15.2 Å². The Bertz CT molecular complexity index is 630. The summed E-state index contributed by atoms with van der Waals surface area (Å²) in [6, 6.07) is 0. The number of aromatic nitrogens is 1. The molecule has 0 bridgehead atoms. The first-order valence-electron chi connectivity index (χ1n) is 6.70. The number of aromatic amines is 1. The van der Waals surface area contributed by atoms with E-state index in [0.29, 0.717) is 29.9 Å². The van der Waals surface area contributed by atoms with Gasteiger partial charge in [-0.25, -0.2) is 4.79 Å². The average molecular weight is 293 g/mol. The van der Waals surface area contributed by atoms with Gasteiger partial charge in [-0.15, -0.1) is 0 Å². The molecular formula is C14H19N3O4. The second-order valence-corrected chi connectivity index (χ2v) is 5.70. The third-order valence-corrected chi connectivity index (χ3v) is 3.96. The van der Waals surface area contributed by atoms with E-state index in [2.05, 4.69) is 10.3 Å². The molecule has 7 heteroatoms. The topological polar surface area (TPSA) is 102 Å². The molecule has 1 aliphatic rings. The number of nitrogens with one attached hydrogen (secondary N) is 2. The minimum absolute atomic E-state index is 0.00937. The highest BCUT2D eigenvalue weighted by Crippen LogP contribution is 2.25. The highest BCUT2D eigenvalue weighted by Gasteiger charge is 2.41. The molecule has 0 spiro atoms. The van der Waals surface area contributed by atoms with Gasteiger partial charge in [-0.05, 0) is 33.3 Å². The molecule has 1 saturated heterocycles. The van der Waals surface area contributed by atoms with E-state index >= 15 is 0 Å². The number of nitrogens with zero attached hydrogens (tertiary/aromatic N) is 1. The van der Waals surface area contributed by atoms with Gasteiger partial charge < -0.3 is 20.3 Å². The van der Waals surface area contributed by atoms with E-state index in [4.69, 9.17) is 5.11 Å². The van der Waals surface area contributed by atoms with Crippen LogP contribution in [0.4, 0.5) is 0 Å². The summed E-state index contributed by atoms with van der Waals surface area (Å²) in [6.07, 6.45) is 0. The van der Waals surface area contributed by atoms with Crippen LogP contribution in [-0.4, -0.2) is 51.4 Å². The molecular weight excluding hydrogens is 274 g/mol. The molecule has 0 atom stereocenters. The van der Waals surface area contributed by atoms with Gasteiger partial charge in [0.2, 0.25) is 5.91 Å². The monoisotopic (exact) mass is 293 g/mol. The van der Waals surface area contributed by atoms with E-state index in [1.54, 1.807) is 27.7 Å². The van der Waals surface area contributed by atoms with Crippen LogP contribution in [0.5, 0.6) is 0 Å². The number of aryl methyl sites for hydroxylation is 1. The van der Waals surface area contributed by atoms with Crippen LogP contribution >= 0.6 is 0 Å². The zero-order valence-electron chi connectivity index (χ0n) is 12.5. The van der Waals surface area contributed by atoms with Crippen LogP contribution in [0.1, 0.15) is 46.0 Å². The van der Waals surface area contributed by atoms with Crippen LogP contribution in [0.15, 0.2) is 0 Å². The molecule has 114 valence electrons. The third-order valence-electron chi connectivity index (χ3n) is 3.96. The molecule has 1 aromatic heterocycles. The maximum absolute atomic E-state index is 12.8. The van der Waals surface area contributed by atoms with E-state index in [0.717, 1.165) is 0 Å². The van der Waals surface area contributed by atoms with Gasteiger partial charge in [0.25, 0.3) is 5.91 Å². The maximum atomic E-state index is 12.8. The smallest absolute Gasteiger partial charge is 0.352 e. The Morgan fingerprint density at radius 1 is 1.29 bits per heavy atom. The Balaban J connectivity index is 2.45. The molecule has 0 unspecified atom stereocenters. The number of carboxylic acid groups (broad SMARTS) is 1. The van der Waals surface area contributed by atoms with Crippen molar-refractivity contribution in [2.45, 2.75) is 33.2 Å². The van der Waals surface area contributed by atoms with Crippen molar-refractivity contribution in [3.8, 4) is 0 Å². The summed E-state index contributed by atoms with van der Waals surface area (Å²) in [4.78, 5) is 40.1. The lowest BCUT2D eigenvalue weighted by atomic mass is 9.96. The Kier molecular flexibility index (Phi) is 3.52. The number of carboxylic acids is 1. The number of H-pyrrole nitrogens is 1. The Morgan fingerprint density at radius 2 is 1.90 bits per heavy atom. The molecule has 1 aliphatic heterocycles. The van der Waals surface area contributed by atoms with E-state index in [-0.39, 0.29) is 17.5 Å². The van der Waals surface area contributed by atoms with Crippen LogP contribution in [0.3, 0.4) is 0 Å². The highest BCUT2D eigenvalue weighted by atomic mass is 16.4. The predicted octanol–water partition coefficient (Wildman–Crippen LogP) is 0.680.